The first kappa shape index (κ1) is 32.0. The number of halogens is 9. The van der Waals surface area contributed by atoms with Gasteiger partial charge in [0.05, 0.1) is 6.61 Å². The van der Waals surface area contributed by atoms with Crippen molar-refractivity contribution < 1.29 is 49.0 Å². The third-order valence-corrected chi connectivity index (χ3v) is 5.69. The molecular formula is C24H32F9NO2. The van der Waals surface area contributed by atoms with Crippen molar-refractivity contribution in [1.82, 2.24) is 0 Å². The van der Waals surface area contributed by atoms with Crippen LogP contribution >= 0.6 is 0 Å². The highest BCUT2D eigenvalue weighted by atomic mass is 19.4. The minimum atomic E-state index is -6.82. The van der Waals surface area contributed by atoms with Gasteiger partial charge in [0.25, 0.3) is 0 Å². The first-order chi connectivity index (χ1) is 16.6. The van der Waals surface area contributed by atoms with Gasteiger partial charge in [0.2, 0.25) is 0 Å². The number of hydrogen-bond acceptors (Lipinski definition) is 3. The van der Waals surface area contributed by atoms with Gasteiger partial charge in [-0.05, 0) is 24.8 Å². The van der Waals surface area contributed by atoms with Crippen molar-refractivity contribution in [1.29, 1.82) is 0 Å². The van der Waals surface area contributed by atoms with Crippen LogP contribution in [0.25, 0.3) is 0 Å². The fraction of sp³-hybridized carbons (Fsp3) is 0.708. The van der Waals surface area contributed by atoms with E-state index in [1.54, 1.807) is 0 Å². The van der Waals surface area contributed by atoms with Crippen molar-refractivity contribution in [3.05, 3.63) is 35.9 Å². The number of carbonyl (C=O) groups is 1. The number of carbonyl (C=O) groups excluding carboxylic acids is 1. The second kappa shape index (κ2) is 14.1. The predicted molar refractivity (Wildman–Crippen MR) is 116 cm³/mol. The number of esters is 1. The third-order valence-electron chi connectivity index (χ3n) is 5.69. The van der Waals surface area contributed by atoms with Crippen LogP contribution in [0.15, 0.2) is 30.3 Å². The molecule has 0 spiro atoms. The SMILES string of the molecule is NC(Cc1ccccc1)C(=O)OCCCCCCCCCCCC(F)(F)C(F)(F)C(F)(F)C(F)(F)F. The van der Waals surface area contributed by atoms with Crippen molar-refractivity contribution in [2.45, 2.75) is 101 Å². The van der Waals surface area contributed by atoms with Crippen LogP contribution < -0.4 is 5.73 Å². The zero-order valence-corrected chi connectivity index (χ0v) is 19.7. The molecule has 0 aliphatic rings. The van der Waals surface area contributed by atoms with Crippen LogP contribution in [0, 0.1) is 0 Å². The normalized spacial score (nSPS) is 14.1. The second-order valence-electron chi connectivity index (χ2n) is 8.75. The summed E-state index contributed by atoms with van der Waals surface area (Å²) < 4.78 is 120. The highest BCUT2D eigenvalue weighted by molar-refractivity contribution is 5.75. The Morgan fingerprint density at radius 1 is 0.722 bits per heavy atom. The van der Waals surface area contributed by atoms with Crippen molar-refractivity contribution in [2.24, 2.45) is 5.73 Å². The molecule has 12 heteroatoms. The fourth-order valence-electron chi connectivity index (χ4n) is 3.48. The third kappa shape index (κ3) is 9.48. The summed E-state index contributed by atoms with van der Waals surface area (Å²) in [6.45, 7) is 0.230. The van der Waals surface area contributed by atoms with Crippen LogP contribution in [-0.2, 0) is 16.0 Å². The molecule has 1 unspecified atom stereocenters. The Hall–Kier alpha value is -1.98. The summed E-state index contributed by atoms with van der Waals surface area (Å²) in [6, 6.07) is 8.52. The molecular weight excluding hydrogens is 505 g/mol. The molecule has 0 saturated heterocycles. The molecule has 0 heterocycles. The van der Waals surface area contributed by atoms with Gasteiger partial charge in [-0.3, -0.25) is 4.79 Å². The molecule has 0 fully saturated rings. The Labute approximate surface area is 204 Å². The molecule has 0 aliphatic carbocycles. The molecule has 1 aromatic carbocycles. The summed E-state index contributed by atoms with van der Waals surface area (Å²) >= 11 is 0. The monoisotopic (exact) mass is 537 g/mol. The average molecular weight is 538 g/mol. The highest BCUT2D eigenvalue weighted by Crippen LogP contribution is 2.54. The number of ether oxygens (including phenoxy) is 1. The van der Waals surface area contributed by atoms with E-state index in [0.29, 0.717) is 32.1 Å². The van der Waals surface area contributed by atoms with E-state index < -0.39 is 48.8 Å². The molecule has 3 nitrogen and oxygen atoms in total. The lowest BCUT2D eigenvalue weighted by Gasteiger charge is -2.33. The van der Waals surface area contributed by atoms with E-state index in [2.05, 4.69) is 0 Å². The van der Waals surface area contributed by atoms with Gasteiger partial charge in [-0.2, -0.15) is 39.5 Å². The standard InChI is InChI=1S/C24H32F9NO2/c25-21(26,22(27,28)23(29,30)24(31,32)33)15-11-6-4-2-1-3-5-7-12-16-36-20(35)19(34)17-18-13-9-8-10-14-18/h8-10,13-14,19H,1-7,11-12,15-17,34H2. The quantitative estimate of drug-likeness (QED) is 0.127. The molecule has 1 atom stereocenters. The van der Waals surface area contributed by atoms with Gasteiger partial charge >= 0.3 is 29.9 Å². The summed E-state index contributed by atoms with van der Waals surface area (Å²) in [6.07, 6.45) is -4.13. The largest absolute Gasteiger partial charge is 0.465 e. The van der Waals surface area contributed by atoms with Crippen molar-refractivity contribution in [2.75, 3.05) is 6.61 Å². The molecule has 2 N–H and O–H groups in total. The van der Waals surface area contributed by atoms with Gasteiger partial charge in [-0.15, -0.1) is 0 Å². The summed E-state index contributed by atoms with van der Waals surface area (Å²) in [5.41, 5.74) is 6.76. The minimum Gasteiger partial charge on any atom is -0.465 e. The second-order valence-corrected chi connectivity index (χ2v) is 8.75. The molecule has 0 saturated carbocycles. The number of rotatable bonds is 17. The van der Waals surface area contributed by atoms with Gasteiger partial charge < -0.3 is 10.5 Å². The van der Waals surface area contributed by atoms with E-state index in [0.717, 1.165) is 24.8 Å². The lowest BCUT2D eigenvalue weighted by molar-refractivity contribution is -0.396. The van der Waals surface area contributed by atoms with Crippen LogP contribution in [-0.4, -0.2) is 42.6 Å². The van der Waals surface area contributed by atoms with Gasteiger partial charge in [0.15, 0.2) is 0 Å². The Bertz CT molecular complexity index is 771. The first-order valence-electron chi connectivity index (χ1n) is 11.8. The van der Waals surface area contributed by atoms with Crippen molar-refractivity contribution >= 4 is 5.97 Å². The minimum absolute atomic E-state index is 0.00243. The lowest BCUT2D eigenvalue weighted by atomic mass is 9.97. The molecule has 0 bridgehead atoms. The summed E-state index contributed by atoms with van der Waals surface area (Å²) in [4.78, 5) is 11.9. The van der Waals surface area contributed by atoms with E-state index in [-0.39, 0.29) is 13.0 Å². The van der Waals surface area contributed by atoms with E-state index in [4.69, 9.17) is 10.5 Å². The molecule has 0 radical (unpaired) electrons. The lowest BCUT2D eigenvalue weighted by Crippen LogP contribution is -2.60. The van der Waals surface area contributed by atoms with Gasteiger partial charge in [-0.1, -0.05) is 75.3 Å². The first-order valence-corrected chi connectivity index (χ1v) is 11.8. The summed E-state index contributed by atoms with van der Waals surface area (Å²) in [5, 5.41) is 0. The van der Waals surface area contributed by atoms with E-state index in [9.17, 15) is 44.3 Å². The van der Waals surface area contributed by atoms with Gasteiger partial charge in [0.1, 0.15) is 6.04 Å². The van der Waals surface area contributed by atoms with Gasteiger partial charge in [-0.25, -0.2) is 0 Å². The molecule has 0 aliphatic heterocycles. The Kier molecular flexibility index (Phi) is 12.5. The molecule has 36 heavy (non-hydrogen) atoms. The van der Waals surface area contributed by atoms with E-state index >= 15 is 0 Å². The van der Waals surface area contributed by atoms with Crippen molar-refractivity contribution in [3.8, 4) is 0 Å². The van der Waals surface area contributed by atoms with Crippen LogP contribution in [0.1, 0.15) is 69.8 Å². The predicted octanol–water partition coefficient (Wildman–Crippen LogP) is 7.47. The average Bonchev–Trinajstić information content (AvgIpc) is 2.79. The van der Waals surface area contributed by atoms with Crippen LogP contribution in [0.2, 0.25) is 0 Å². The van der Waals surface area contributed by atoms with Crippen LogP contribution in [0.3, 0.4) is 0 Å². The summed E-state index contributed by atoms with van der Waals surface area (Å²) in [7, 11) is 0. The number of benzene rings is 1. The summed E-state index contributed by atoms with van der Waals surface area (Å²) in [5.74, 6) is -19.3. The topological polar surface area (TPSA) is 52.3 Å². The molecule has 1 rings (SSSR count). The molecule has 0 aromatic heterocycles. The van der Waals surface area contributed by atoms with Crippen molar-refractivity contribution in [3.63, 3.8) is 0 Å². The molecule has 1 aromatic rings. The number of hydrogen-bond donors (Lipinski definition) is 1. The van der Waals surface area contributed by atoms with Crippen LogP contribution in [0.5, 0.6) is 0 Å². The zero-order valence-electron chi connectivity index (χ0n) is 19.7. The van der Waals surface area contributed by atoms with Gasteiger partial charge in [0, 0.05) is 6.42 Å². The Balaban J connectivity index is 2.09. The molecule has 0 amide bonds. The van der Waals surface area contributed by atoms with E-state index in [1.807, 2.05) is 30.3 Å². The van der Waals surface area contributed by atoms with E-state index in [1.165, 1.54) is 0 Å². The van der Waals surface area contributed by atoms with Crippen LogP contribution in [0.4, 0.5) is 39.5 Å². The zero-order chi connectivity index (χ0) is 27.5. The maximum Gasteiger partial charge on any atom is 0.460 e. The number of alkyl halides is 9. The maximum absolute atomic E-state index is 13.4. The number of unbranched alkanes of at least 4 members (excludes halogenated alkanes) is 8. The molecule has 208 valence electrons. The number of nitrogens with two attached hydrogens (primary N) is 1. The highest BCUT2D eigenvalue weighted by Gasteiger charge is 2.81. The maximum atomic E-state index is 13.4. The Morgan fingerprint density at radius 3 is 1.69 bits per heavy atom. The smallest absolute Gasteiger partial charge is 0.460 e. The fourth-order valence-corrected chi connectivity index (χ4v) is 3.48. The Morgan fingerprint density at radius 2 is 1.19 bits per heavy atom.